The Balaban J connectivity index is 1.21. The van der Waals surface area contributed by atoms with Gasteiger partial charge in [0.25, 0.3) is 5.91 Å². The third kappa shape index (κ3) is 5.29. The van der Waals surface area contributed by atoms with E-state index in [0.717, 1.165) is 70.3 Å². The number of nitrogens with zero attached hydrogens (tertiary/aromatic N) is 2. The number of piperidine rings is 1. The highest BCUT2D eigenvalue weighted by Gasteiger charge is 2.23. The van der Waals surface area contributed by atoms with Gasteiger partial charge < -0.3 is 9.80 Å². The van der Waals surface area contributed by atoms with E-state index in [0.29, 0.717) is 12.3 Å². The molecule has 0 aliphatic carbocycles. The molecule has 2 aromatic rings. The monoisotopic (exact) mass is 404 g/mol. The van der Waals surface area contributed by atoms with Gasteiger partial charge in [0, 0.05) is 38.2 Å². The van der Waals surface area contributed by atoms with E-state index >= 15 is 0 Å². The number of carbonyl (C=O) groups is 2. The molecule has 4 rings (SSSR count). The molecule has 0 spiro atoms. The molecule has 2 aromatic carbocycles. The number of likely N-dealkylation sites (tertiary alicyclic amines) is 2. The fourth-order valence-corrected chi connectivity index (χ4v) is 4.66. The standard InChI is InChI=1S/C26H32N2O2/c29-25(13-10-21-6-2-1-3-7-21)27-18-14-23(15-19-27)20-22-8-11-24(12-9-22)26(30)28-16-4-5-17-28/h1-3,6-9,11-12,23H,4-5,10,13-20H2. The van der Waals surface area contributed by atoms with Crippen LogP contribution in [0.25, 0.3) is 0 Å². The van der Waals surface area contributed by atoms with Crippen molar-refractivity contribution in [1.82, 2.24) is 9.80 Å². The second kappa shape index (κ2) is 9.92. The first kappa shape index (κ1) is 20.6. The van der Waals surface area contributed by atoms with Crippen molar-refractivity contribution in [3.63, 3.8) is 0 Å². The lowest BCUT2D eigenvalue weighted by Gasteiger charge is -2.32. The summed E-state index contributed by atoms with van der Waals surface area (Å²) >= 11 is 0. The highest BCUT2D eigenvalue weighted by molar-refractivity contribution is 5.94. The van der Waals surface area contributed by atoms with Gasteiger partial charge in [-0.2, -0.15) is 0 Å². The summed E-state index contributed by atoms with van der Waals surface area (Å²) in [7, 11) is 0. The zero-order valence-corrected chi connectivity index (χ0v) is 17.8. The molecule has 4 heteroatoms. The van der Waals surface area contributed by atoms with Crippen molar-refractivity contribution >= 4 is 11.8 Å². The van der Waals surface area contributed by atoms with Gasteiger partial charge in [-0.15, -0.1) is 0 Å². The number of carbonyl (C=O) groups excluding carboxylic acids is 2. The third-order valence-corrected chi connectivity index (χ3v) is 6.56. The van der Waals surface area contributed by atoms with Crippen LogP contribution in [-0.4, -0.2) is 47.8 Å². The molecule has 0 bridgehead atoms. The molecule has 2 aliphatic rings. The molecule has 2 fully saturated rings. The summed E-state index contributed by atoms with van der Waals surface area (Å²) in [4.78, 5) is 29.0. The maximum atomic E-state index is 12.5. The third-order valence-electron chi connectivity index (χ3n) is 6.56. The molecule has 0 aromatic heterocycles. The lowest BCUT2D eigenvalue weighted by Crippen LogP contribution is -2.39. The second-order valence-electron chi connectivity index (χ2n) is 8.71. The SMILES string of the molecule is O=C(CCc1ccccc1)N1CCC(Cc2ccc(C(=O)N3CCCC3)cc2)CC1. The lowest BCUT2D eigenvalue weighted by atomic mass is 9.89. The van der Waals surface area contributed by atoms with E-state index in [9.17, 15) is 9.59 Å². The zero-order chi connectivity index (χ0) is 20.8. The Morgan fingerprint density at radius 1 is 0.767 bits per heavy atom. The Kier molecular flexibility index (Phi) is 6.83. The topological polar surface area (TPSA) is 40.6 Å². The summed E-state index contributed by atoms with van der Waals surface area (Å²) in [6.45, 7) is 3.51. The smallest absolute Gasteiger partial charge is 0.253 e. The van der Waals surface area contributed by atoms with E-state index in [4.69, 9.17) is 0 Å². The largest absolute Gasteiger partial charge is 0.343 e. The second-order valence-corrected chi connectivity index (χ2v) is 8.71. The number of hydrogen-bond acceptors (Lipinski definition) is 2. The van der Waals surface area contributed by atoms with Crippen LogP contribution in [0.5, 0.6) is 0 Å². The van der Waals surface area contributed by atoms with Gasteiger partial charge in [-0.1, -0.05) is 42.5 Å². The Morgan fingerprint density at radius 2 is 1.43 bits per heavy atom. The van der Waals surface area contributed by atoms with E-state index in [2.05, 4.69) is 24.3 Å². The number of rotatable bonds is 6. The number of hydrogen-bond donors (Lipinski definition) is 0. The fourth-order valence-electron chi connectivity index (χ4n) is 4.66. The van der Waals surface area contributed by atoms with Crippen LogP contribution in [0.3, 0.4) is 0 Å². The molecule has 0 atom stereocenters. The Bertz CT molecular complexity index is 833. The van der Waals surface area contributed by atoms with Gasteiger partial charge in [0.15, 0.2) is 0 Å². The Morgan fingerprint density at radius 3 is 2.10 bits per heavy atom. The normalized spacial score (nSPS) is 17.3. The van der Waals surface area contributed by atoms with E-state index in [1.165, 1.54) is 11.1 Å². The average molecular weight is 405 g/mol. The van der Waals surface area contributed by atoms with Crippen LogP contribution in [0.4, 0.5) is 0 Å². The molecule has 0 radical (unpaired) electrons. The average Bonchev–Trinajstić information content (AvgIpc) is 3.34. The summed E-state index contributed by atoms with van der Waals surface area (Å²) in [6, 6.07) is 18.4. The molecule has 0 saturated carbocycles. The van der Waals surface area contributed by atoms with E-state index in [1.54, 1.807) is 0 Å². The molecular formula is C26H32N2O2. The van der Waals surface area contributed by atoms with Crippen LogP contribution in [-0.2, 0) is 17.6 Å². The molecule has 0 N–H and O–H groups in total. The van der Waals surface area contributed by atoms with Gasteiger partial charge in [0.2, 0.25) is 5.91 Å². The van der Waals surface area contributed by atoms with Crippen LogP contribution < -0.4 is 0 Å². The van der Waals surface area contributed by atoms with Gasteiger partial charge in [-0.3, -0.25) is 9.59 Å². The maximum absolute atomic E-state index is 12.5. The summed E-state index contributed by atoms with van der Waals surface area (Å²) in [5.74, 6) is 1.06. The fraction of sp³-hybridized carbons (Fsp3) is 0.462. The highest BCUT2D eigenvalue weighted by Crippen LogP contribution is 2.23. The van der Waals surface area contributed by atoms with Crippen molar-refractivity contribution in [2.75, 3.05) is 26.2 Å². The Hall–Kier alpha value is -2.62. The van der Waals surface area contributed by atoms with Crippen LogP contribution in [0, 0.1) is 5.92 Å². The zero-order valence-electron chi connectivity index (χ0n) is 17.8. The van der Waals surface area contributed by atoms with Gasteiger partial charge in [-0.05, 0) is 67.7 Å². The van der Waals surface area contributed by atoms with Crippen molar-refractivity contribution in [1.29, 1.82) is 0 Å². The van der Waals surface area contributed by atoms with Crippen molar-refractivity contribution < 1.29 is 9.59 Å². The predicted octanol–water partition coefficient (Wildman–Crippen LogP) is 4.34. The quantitative estimate of drug-likeness (QED) is 0.719. The minimum Gasteiger partial charge on any atom is -0.343 e. The molecule has 158 valence electrons. The first-order valence-corrected chi connectivity index (χ1v) is 11.4. The van der Waals surface area contributed by atoms with Gasteiger partial charge in [0.1, 0.15) is 0 Å². The minimum atomic E-state index is 0.168. The predicted molar refractivity (Wildman–Crippen MR) is 119 cm³/mol. The van der Waals surface area contributed by atoms with Gasteiger partial charge in [-0.25, -0.2) is 0 Å². The first-order chi connectivity index (χ1) is 14.7. The summed E-state index contributed by atoms with van der Waals surface area (Å²) in [5, 5.41) is 0. The maximum Gasteiger partial charge on any atom is 0.253 e. The molecule has 30 heavy (non-hydrogen) atoms. The molecule has 2 heterocycles. The van der Waals surface area contributed by atoms with Gasteiger partial charge in [0.05, 0.1) is 0 Å². The number of amides is 2. The Labute approximate surface area is 179 Å². The lowest BCUT2D eigenvalue weighted by molar-refractivity contribution is -0.132. The van der Waals surface area contributed by atoms with Crippen molar-refractivity contribution in [2.24, 2.45) is 5.92 Å². The summed E-state index contributed by atoms with van der Waals surface area (Å²) in [5.41, 5.74) is 3.33. The van der Waals surface area contributed by atoms with Crippen molar-refractivity contribution in [3.8, 4) is 0 Å². The highest BCUT2D eigenvalue weighted by atomic mass is 16.2. The molecular weight excluding hydrogens is 372 g/mol. The van der Waals surface area contributed by atoms with E-state index < -0.39 is 0 Å². The van der Waals surface area contributed by atoms with Gasteiger partial charge >= 0.3 is 0 Å². The number of benzene rings is 2. The van der Waals surface area contributed by atoms with Crippen LogP contribution in [0.2, 0.25) is 0 Å². The number of aryl methyl sites for hydroxylation is 1. The summed E-state index contributed by atoms with van der Waals surface area (Å²) in [6.07, 6.45) is 6.82. The molecule has 2 saturated heterocycles. The summed E-state index contributed by atoms with van der Waals surface area (Å²) < 4.78 is 0. The van der Waals surface area contributed by atoms with E-state index in [1.807, 2.05) is 40.1 Å². The molecule has 2 amide bonds. The molecule has 2 aliphatic heterocycles. The van der Waals surface area contributed by atoms with Crippen LogP contribution >= 0.6 is 0 Å². The van der Waals surface area contributed by atoms with Crippen molar-refractivity contribution in [3.05, 3.63) is 71.3 Å². The molecule has 4 nitrogen and oxygen atoms in total. The van der Waals surface area contributed by atoms with Crippen LogP contribution in [0.1, 0.15) is 53.6 Å². The van der Waals surface area contributed by atoms with E-state index in [-0.39, 0.29) is 11.8 Å². The van der Waals surface area contributed by atoms with Crippen molar-refractivity contribution in [2.45, 2.75) is 44.9 Å². The first-order valence-electron chi connectivity index (χ1n) is 11.4. The molecule has 0 unspecified atom stereocenters. The van der Waals surface area contributed by atoms with Crippen LogP contribution in [0.15, 0.2) is 54.6 Å². The minimum absolute atomic E-state index is 0.168.